The minimum absolute atomic E-state index is 0.0649. The first-order valence-electron chi connectivity index (χ1n) is 5.54. The van der Waals surface area contributed by atoms with Crippen molar-refractivity contribution in [1.29, 1.82) is 0 Å². The molecule has 2 aromatic carbocycles. The fourth-order valence-corrected chi connectivity index (χ4v) is 2.98. The Morgan fingerprint density at radius 3 is 2.45 bits per heavy atom. The molecule has 0 heterocycles. The van der Waals surface area contributed by atoms with Gasteiger partial charge in [0.15, 0.2) is 23.2 Å². The lowest BCUT2D eigenvalue weighted by atomic mass is 10.1. The van der Waals surface area contributed by atoms with Crippen LogP contribution in [0.4, 0.5) is 13.2 Å². The maximum Gasteiger partial charge on any atom is 0.195 e. The third-order valence-electron chi connectivity index (χ3n) is 2.53. The van der Waals surface area contributed by atoms with E-state index in [1.54, 1.807) is 12.1 Å². The number of carbonyl (C=O) groups is 1. The van der Waals surface area contributed by atoms with Crippen molar-refractivity contribution < 1.29 is 18.0 Å². The van der Waals surface area contributed by atoms with Crippen LogP contribution >= 0.6 is 27.7 Å². The molecule has 0 radical (unpaired) electrons. The van der Waals surface area contributed by atoms with Gasteiger partial charge in [0, 0.05) is 9.37 Å². The summed E-state index contributed by atoms with van der Waals surface area (Å²) in [7, 11) is 0. The third kappa shape index (κ3) is 3.24. The molecule has 0 aliphatic rings. The largest absolute Gasteiger partial charge is 0.293 e. The molecular formula is C14H8BrF3OS. The molecule has 0 aromatic heterocycles. The third-order valence-corrected chi connectivity index (χ3v) is 4.56. The Balaban J connectivity index is 2.14. The summed E-state index contributed by atoms with van der Waals surface area (Å²) in [5.41, 5.74) is -0.441. The monoisotopic (exact) mass is 360 g/mol. The molecule has 0 aliphatic heterocycles. The fraction of sp³-hybridized carbons (Fsp3) is 0.0714. The van der Waals surface area contributed by atoms with Crippen LogP contribution < -0.4 is 0 Å². The van der Waals surface area contributed by atoms with E-state index in [0.29, 0.717) is 0 Å². The highest BCUT2D eigenvalue weighted by molar-refractivity contribution is 9.10. The van der Waals surface area contributed by atoms with Crippen LogP contribution in [-0.4, -0.2) is 11.5 Å². The van der Waals surface area contributed by atoms with E-state index >= 15 is 0 Å². The highest BCUT2D eigenvalue weighted by Crippen LogP contribution is 2.28. The van der Waals surface area contributed by atoms with E-state index in [9.17, 15) is 18.0 Å². The average Bonchev–Trinajstić information content (AvgIpc) is 2.44. The number of Topliss-reactive ketones (excluding diaryl/α,β-unsaturated/α-hetero) is 1. The normalized spacial score (nSPS) is 10.6. The van der Waals surface area contributed by atoms with Gasteiger partial charge in [-0.15, -0.1) is 11.8 Å². The summed E-state index contributed by atoms with van der Waals surface area (Å²) in [6.07, 6.45) is 0. The van der Waals surface area contributed by atoms with Gasteiger partial charge >= 0.3 is 0 Å². The molecule has 2 rings (SSSR count). The Morgan fingerprint density at radius 1 is 1.05 bits per heavy atom. The summed E-state index contributed by atoms with van der Waals surface area (Å²) < 4.78 is 40.1. The van der Waals surface area contributed by atoms with Gasteiger partial charge in [-0.3, -0.25) is 4.79 Å². The van der Waals surface area contributed by atoms with Crippen molar-refractivity contribution in [2.45, 2.75) is 4.90 Å². The van der Waals surface area contributed by atoms with Crippen LogP contribution in [0.1, 0.15) is 10.4 Å². The van der Waals surface area contributed by atoms with Gasteiger partial charge in [-0.2, -0.15) is 0 Å². The fourth-order valence-electron chi connectivity index (χ4n) is 1.52. The summed E-state index contributed by atoms with van der Waals surface area (Å²) >= 11 is 4.51. The van der Waals surface area contributed by atoms with Gasteiger partial charge in [0.05, 0.1) is 11.3 Å². The Kier molecular flexibility index (Phi) is 4.88. The van der Waals surface area contributed by atoms with Crippen LogP contribution in [0.2, 0.25) is 0 Å². The summed E-state index contributed by atoms with van der Waals surface area (Å²) in [5, 5.41) is 0. The molecule has 0 spiro atoms. The van der Waals surface area contributed by atoms with Crippen LogP contribution in [0, 0.1) is 17.5 Å². The zero-order chi connectivity index (χ0) is 14.7. The van der Waals surface area contributed by atoms with Gasteiger partial charge in [0.2, 0.25) is 0 Å². The predicted molar refractivity (Wildman–Crippen MR) is 75.5 cm³/mol. The summed E-state index contributed by atoms with van der Waals surface area (Å²) in [6, 6.07) is 8.93. The zero-order valence-electron chi connectivity index (χ0n) is 10.00. The minimum atomic E-state index is -1.62. The molecule has 0 amide bonds. The molecule has 20 heavy (non-hydrogen) atoms. The standard InChI is InChI=1S/C14H8BrF3OS/c15-9-3-1-2-4-12(9)20-7-11(19)8-5-6-10(16)14(18)13(8)17/h1-6H,7H2. The first kappa shape index (κ1) is 15.1. The highest BCUT2D eigenvalue weighted by atomic mass is 79.9. The van der Waals surface area contributed by atoms with Crippen molar-refractivity contribution in [3.63, 3.8) is 0 Å². The number of rotatable bonds is 4. The van der Waals surface area contributed by atoms with Gasteiger partial charge in [-0.1, -0.05) is 12.1 Å². The first-order chi connectivity index (χ1) is 9.50. The maximum atomic E-state index is 13.5. The average molecular weight is 361 g/mol. The van der Waals surface area contributed by atoms with E-state index in [1.165, 1.54) is 11.8 Å². The summed E-state index contributed by atoms with van der Waals surface area (Å²) in [5.74, 6) is -5.03. The Bertz CT molecular complexity index is 661. The molecule has 1 nitrogen and oxygen atoms in total. The Morgan fingerprint density at radius 2 is 1.75 bits per heavy atom. The van der Waals surface area contributed by atoms with Crippen molar-refractivity contribution >= 4 is 33.5 Å². The highest BCUT2D eigenvalue weighted by Gasteiger charge is 2.18. The number of hydrogen-bond acceptors (Lipinski definition) is 2. The number of hydrogen-bond donors (Lipinski definition) is 0. The minimum Gasteiger partial charge on any atom is -0.293 e. The molecule has 0 atom stereocenters. The molecule has 6 heteroatoms. The van der Waals surface area contributed by atoms with Gasteiger partial charge < -0.3 is 0 Å². The van der Waals surface area contributed by atoms with E-state index in [4.69, 9.17) is 0 Å². The van der Waals surface area contributed by atoms with Crippen LogP contribution in [0.5, 0.6) is 0 Å². The van der Waals surface area contributed by atoms with Crippen molar-refractivity contribution in [2.75, 3.05) is 5.75 Å². The predicted octanol–water partition coefficient (Wildman–Crippen LogP) is 4.84. The smallest absolute Gasteiger partial charge is 0.195 e. The molecule has 0 saturated heterocycles. The second kappa shape index (κ2) is 6.45. The van der Waals surface area contributed by atoms with Crippen LogP contribution in [0.15, 0.2) is 45.8 Å². The lowest BCUT2D eigenvalue weighted by Crippen LogP contribution is -2.08. The van der Waals surface area contributed by atoms with E-state index in [-0.39, 0.29) is 5.75 Å². The molecule has 0 fully saturated rings. The number of thioether (sulfide) groups is 1. The van der Waals surface area contributed by atoms with Crippen LogP contribution in [-0.2, 0) is 0 Å². The van der Waals surface area contributed by atoms with E-state index in [2.05, 4.69) is 15.9 Å². The Labute approximate surface area is 126 Å². The number of ketones is 1. The molecule has 0 bridgehead atoms. The van der Waals surface area contributed by atoms with Gasteiger partial charge in [-0.05, 0) is 40.2 Å². The summed E-state index contributed by atoms with van der Waals surface area (Å²) in [4.78, 5) is 12.7. The molecule has 2 aromatic rings. The molecular weight excluding hydrogens is 353 g/mol. The topological polar surface area (TPSA) is 17.1 Å². The number of carbonyl (C=O) groups excluding carboxylic acids is 1. The lowest BCUT2D eigenvalue weighted by Gasteiger charge is -2.05. The second-order valence-electron chi connectivity index (χ2n) is 3.87. The quantitative estimate of drug-likeness (QED) is 0.440. The van der Waals surface area contributed by atoms with Gasteiger partial charge in [0.1, 0.15) is 0 Å². The van der Waals surface area contributed by atoms with Crippen molar-refractivity contribution in [3.05, 3.63) is 63.9 Å². The maximum absolute atomic E-state index is 13.5. The van der Waals surface area contributed by atoms with Gasteiger partial charge in [-0.25, -0.2) is 13.2 Å². The van der Waals surface area contributed by atoms with Crippen LogP contribution in [0.3, 0.4) is 0 Å². The molecule has 0 unspecified atom stereocenters. The Hall–Kier alpha value is -1.27. The number of halogens is 4. The number of benzene rings is 2. The van der Waals surface area contributed by atoms with E-state index in [1.807, 2.05) is 12.1 Å². The molecule has 0 aliphatic carbocycles. The zero-order valence-corrected chi connectivity index (χ0v) is 12.4. The molecule has 0 saturated carbocycles. The van der Waals surface area contributed by atoms with Crippen molar-refractivity contribution in [3.8, 4) is 0 Å². The van der Waals surface area contributed by atoms with Crippen molar-refractivity contribution in [1.82, 2.24) is 0 Å². The van der Waals surface area contributed by atoms with Crippen LogP contribution in [0.25, 0.3) is 0 Å². The van der Waals surface area contributed by atoms with Gasteiger partial charge in [0.25, 0.3) is 0 Å². The SMILES string of the molecule is O=C(CSc1ccccc1Br)c1ccc(F)c(F)c1F. The lowest BCUT2D eigenvalue weighted by molar-refractivity contribution is 0.101. The summed E-state index contributed by atoms with van der Waals surface area (Å²) in [6.45, 7) is 0. The molecule has 104 valence electrons. The van der Waals surface area contributed by atoms with E-state index in [0.717, 1.165) is 21.5 Å². The van der Waals surface area contributed by atoms with E-state index < -0.39 is 28.8 Å². The molecule has 0 N–H and O–H groups in total. The van der Waals surface area contributed by atoms with Crippen molar-refractivity contribution in [2.24, 2.45) is 0 Å². The second-order valence-corrected chi connectivity index (χ2v) is 5.74. The first-order valence-corrected chi connectivity index (χ1v) is 7.32.